The van der Waals surface area contributed by atoms with Gasteiger partial charge in [-0.3, -0.25) is 9.69 Å². The van der Waals surface area contributed by atoms with Gasteiger partial charge in [0, 0.05) is 18.0 Å². The van der Waals surface area contributed by atoms with Gasteiger partial charge in [-0.1, -0.05) is 6.92 Å². The van der Waals surface area contributed by atoms with E-state index in [2.05, 4.69) is 5.32 Å². The highest BCUT2D eigenvalue weighted by Gasteiger charge is 2.36. The van der Waals surface area contributed by atoms with Crippen LogP contribution in [0.4, 0.5) is 4.79 Å². The first-order valence-electron chi connectivity index (χ1n) is 4.96. The average molecular weight is 198 g/mol. The first-order valence-corrected chi connectivity index (χ1v) is 4.96. The molecule has 80 valence electrons. The number of nitrogens with zero attached hydrogens (tertiary/aromatic N) is 1. The van der Waals surface area contributed by atoms with Crippen molar-refractivity contribution in [1.29, 1.82) is 0 Å². The molecule has 1 aliphatic rings. The summed E-state index contributed by atoms with van der Waals surface area (Å²) in [7, 11) is 0. The Morgan fingerprint density at radius 2 is 1.93 bits per heavy atom. The van der Waals surface area contributed by atoms with Crippen LogP contribution in [0.1, 0.15) is 34.1 Å². The van der Waals surface area contributed by atoms with Gasteiger partial charge in [0.1, 0.15) is 0 Å². The third-order valence-corrected chi connectivity index (χ3v) is 2.37. The molecule has 1 aliphatic heterocycles. The lowest BCUT2D eigenvalue weighted by atomic mass is 10.0. The van der Waals surface area contributed by atoms with Crippen molar-refractivity contribution in [1.82, 2.24) is 10.2 Å². The maximum atomic E-state index is 11.9. The van der Waals surface area contributed by atoms with E-state index in [0.717, 1.165) is 6.42 Å². The molecule has 0 aromatic rings. The largest absolute Gasteiger partial charge is 0.338 e. The topological polar surface area (TPSA) is 49.4 Å². The Morgan fingerprint density at radius 3 is 2.43 bits per heavy atom. The number of rotatable bonds is 0. The molecule has 4 heteroatoms. The molecule has 0 radical (unpaired) electrons. The smallest absolute Gasteiger partial charge is 0.324 e. The van der Waals surface area contributed by atoms with Gasteiger partial charge in [-0.25, -0.2) is 4.79 Å². The van der Waals surface area contributed by atoms with Gasteiger partial charge in [-0.15, -0.1) is 0 Å². The SMILES string of the molecule is CC1CCNC(=O)N(C(C)(C)C)C1=O. The number of hydrogen-bond acceptors (Lipinski definition) is 2. The van der Waals surface area contributed by atoms with Crippen molar-refractivity contribution in [2.24, 2.45) is 5.92 Å². The summed E-state index contributed by atoms with van der Waals surface area (Å²) < 4.78 is 0. The molecule has 0 bridgehead atoms. The zero-order valence-corrected chi connectivity index (χ0v) is 9.26. The van der Waals surface area contributed by atoms with E-state index >= 15 is 0 Å². The van der Waals surface area contributed by atoms with Crippen LogP contribution in [0.3, 0.4) is 0 Å². The van der Waals surface area contributed by atoms with Crippen LogP contribution in [-0.2, 0) is 4.79 Å². The first-order chi connectivity index (χ1) is 6.34. The standard InChI is InChI=1S/C10H18N2O2/c1-7-5-6-11-9(14)12(8(7)13)10(2,3)4/h7H,5-6H2,1-4H3,(H,11,14). The van der Waals surface area contributed by atoms with Crippen LogP contribution in [0.2, 0.25) is 0 Å². The summed E-state index contributed by atoms with van der Waals surface area (Å²) in [6.45, 7) is 8.03. The predicted octanol–water partition coefficient (Wildman–Crippen LogP) is 1.36. The molecule has 1 N–H and O–H groups in total. The van der Waals surface area contributed by atoms with E-state index in [1.807, 2.05) is 27.7 Å². The van der Waals surface area contributed by atoms with Gasteiger partial charge < -0.3 is 5.32 Å². The van der Waals surface area contributed by atoms with Gasteiger partial charge in [0.15, 0.2) is 0 Å². The molecule has 1 atom stereocenters. The van der Waals surface area contributed by atoms with Crippen LogP contribution in [-0.4, -0.2) is 28.9 Å². The highest BCUT2D eigenvalue weighted by molar-refractivity contribution is 5.97. The van der Waals surface area contributed by atoms with E-state index < -0.39 is 5.54 Å². The van der Waals surface area contributed by atoms with E-state index in [1.54, 1.807) is 0 Å². The van der Waals surface area contributed by atoms with Crippen LogP contribution >= 0.6 is 0 Å². The summed E-state index contributed by atoms with van der Waals surface area (Å²) >= 11 is 0. The molecule has 1 rings (SSSR count). The number of nitrogens with one attached hydrogen (secondary N) is 1. The molecular weight excluding hydrogens is 180 g/mol. The normalized spacial score (nSPS) is 24.6. The quantitative estimate of drug-likeness (QED) is 0.639. The molecule has 0 aromatic carbocycles. The first kappa shape index (κ1) is 11.0. The van der Waals surface area contributed by atoms with Crippen molar-refractivity contribution < 1.29 is 9.59 Å². The van der Waals surface area contributed by atoms with Crippen LogP contribution in [0.5, 0.6) is 0 Å². The molecule has 14 heavy (non-hydrogen) atoms. The lowest BCUT2D eigenvalue weighted by Gasteiger charge is -2.33. The van der Waals surface area contributed by atoms with Crippen LogP contribution in [0.25, 0.3) is 0 Å². The number of imide groups is 1. The molecule has 0 aromatic heterocycles. The zero-order valence-electron chi connectivity index (χ0n) is 9.26. The molecule has 0 spiro atoms. The predicted molar refractivity (Wildman–Crippen MR) is 53.8 cm³/mol. The molecule has 1 unspecified atom stereocenters. The van der Waals surface area contributed by atoms with Crippen LogP contribution < -0.4 is 5.32 Å². The summed E-state index contributed by atoms with van der Waals surface area (Å²) in [5.74, 6) is -0.152. The lowest BCUT2D eigenvalue weighted by molar-refractivity contribution is -0.135. The Morgan fingerprint density at radius 1 is 1.36 bits per heavy atom. The fourth-order valence-electron chi connectivity index (χ4n) is 1.55. The Labute approximate surface area is 84.7 Å². The summed E-state index contributed by atoms with van der Waals surface area (Å²) in [6, 6.07) is -0.271. The number of carbonyl (C=O) groups is 2. The number of urea groups is 1. The van der Waals surface area contributed by atoms with Gasteiger partial charge in [-0.05, 0) is 27.2 Å². The fraction of sp³-hybridized carbons (Fsp3) is 0.800. The van der Waals surface area contributed by atoms with Gasteiger partial charge in [-0.2, -0.15) is 0 Å². The molecule has 3 amide bonds. The van der Waals surface area contributed by atoms with E-state index in [1.165, 1.54) is 4.90 Å². The van der Waals surface area contributed by atoms with Crippen molar-refractivity contribution in [2.45, 2.75) is 39.7 Å². The Bertz CT molecular complexity index is 255. The highest BCUT2D eigenvalue weighted by atomic mass is 16.2. The number of hydrogen-bond donors (Lipinski definition) is 1. The second-order valence-corrected chi connectivity index (χ2v) is 4.77. The van der Waals surface area contributed by atoms with E-state index in [-0.39, 0.29) is 17.9 Å². The van der Waals surface area contributed by atoms with Crippen LogP contribution in [0.15, 0.2) is 0 Å². The van der Waals surface area contributed by atoms with Gasteiger partial charge in [0.2, 0.25) is 5.91 Å². The minimum absolute atomic E-state index is 0.0758. The molecule has 1 saturated heterocycles. The molecular formula is C10H18N2O2. The summed E-state index contributed by atoms with van der Waals surface area (Å²) in [6.07, 6.45) is 0.719. The highest BCUT2D eigenvalue weighted by Crippen LogP contribution is 2.20. The Hall–Kier alpha value is -1.06. The van der Waals surface area contributed by atoms with Crippen molar-refractivity contribution in [3.63, 3.8) is 0 Å². The number of amides is 3. The van der Waals surface area contributed by atoms with Gasteiger partial charge >= 0.3 is 6.03 Å². The average Bonchev–Trinajstić information content (AvgIpc) is 2.11. The molecule has 0 aliphatic carbocycles. The molecule has 1 heterocycles. The third-order valence-electron chi connectivity index (χ3n) is 2.37. The second-order valence-electron chi connectivity index (χ2n) is 4.77. The molecule has 4 nitrogen and oxygen atoms in total. The summed E-state index contributed by atoms with van der Waals surface area (Å²) in [5, 5.41) is 2.73. The third kappa shape index (κ3) is 2.05. The minimum atomic E-state index is -0.445. The maximum Gasteiger partial charge on any atom is 0.324 e. The molecule has 1 fully saturated rings. The molecule has 0 saturated carbocycles. The maximum absolute atomic E-state index is 11.9. The summed E-state index contributed by atoms with van der Waals surface area (Å²) in [4.78, 5) is 24.8. The van der Waals surface area contributed by atoms with Crippen LogP contribution in [0, 0.1) is 5.92 Å². The lowest BCUT2D eigenvalue weighted by Crippen LogP contribution is -2.53. The minimum Gasteiger partial charge on any atom is -0.338 e. The van der Waals surface area contributed by atoms with E-state index in [0.29, 0.717) is 6.54 Å². The van der Waals surface area contributed by atoms with E-state index in [4.69, 9.17) is 0 Å². The van der Waals surface area contributed by atoms with Crippen molar-refractivity contribution >= 4 is 11.9 Å². The van der Waals surface area contributed by atoms with Gasteiger partial charge in [0.05, 0.1) is 0 Å². The zero-order chi connectivity index (χ0) is 10.9. The van der Waals surface area contributed by atoms with Crippen molar-refractivity contribution in [3.05, 3.63) is 0 Å². The monoisotopic (exact) mass is 198 g/mol. The van der Waals surface area contributed by atoms with Gasteiger partial charge in [0.25, 0.3) is 0 Å². The summed E-state index contributed by atoms with van der Waals surface area (Å²) in [5.41, 5.74) is -0.445. The second kappa shape index (κ2) is 3.59. The van der Waals surface area contributed by atoms with Crippen molar-refractivity contribution in [2.75, 3.05) is 6.54 Å². The Balaban J connectivity index is 2.97. The van der Waals surface area contributed by atoms with Crippen molar-refractivity contribution in [3.8, 4) is 0 Å². The Kier molecular flexibility index (Phi) is 2.83. The van der Waals surface area contributed by atoms with E-state index in [9.17, 15) is 9.59 Å². The number of carbonyl (C=O) groups excluding carboxylic acids is 2. The fourth-order valence-corrected chi connectivity index (χ4v) is 1.55.